The largest absolute Gasteiger partial charge is 0.462 e. The summed E-state index contributed by atoms with van der Waals surface area (Å²) in [5, 5.41) is 0. The molecule has 0 N–H and O–H groups in total. The number of carbonyl (C=O) groups is 3. The Kier molecular flexibility index (Phi) is 49.0. The van der Waals surface area contributed by atoms with E-state index in [-0.39, 0.29) is 50.4 Å². The number of hydrogen-bond acceptors (Lipinski definition) is 6. The predicted octanol–water partition coefficient (Wildman–Crippen LogP) is 17.4. The number of unbranched alkanes of at least 4 members (excludes halogenated alkanes) is 20. The lowest BCUT2D eigenvalue weighted by Gasteiger charge is -2.18. The van der Waals surface area contributed by atoms with E-state index in [2.05, 4.69) is 112 Å². The van der Waals surface area contributed by atoms with Crippen molar-refractivity contribution < 1.29 is 28.6 Å². The monoisotopic (exact) mass is 889 g/mol. The molecule has 0 saturated carbocycles. The maximum Gasteiger partial charge on any atom is 0.306 e. The standard InChI is InChI=1S/C58H96O6/c1-4-7-10-13-16-19-22-25-27-29-31-33-36-39-42-45-48-51-57(60)63-54-55(53-62-56(59)50-47-44-41-38-35-32-24-21-18-15-12-9-6-3)64-58(61)52-49-46-43-40-37-34-30-28-26-23-20-17-14-11-8-5-2/h16,19,25,27-28,30-35,37,39,41-42,44,55H,4-15,17-18,20-24,26,29,36,38,40,43,45-54H2,1-3H3/b19-16+,27-25+,30-28+,33-31+,35-32+,37-34+,42-39+,44-41+. The van der Waals surface area contributed by atoms with Gasteiger partial charge < -0.3 is 14.2 Å². The fraction of sp³-hybridized carbons (Fsp3) is 0.672. The fourth-order valence-electron chi connectivity index (χ4n) is 6.83. The molecule has 0 fully saturated rings. The summed E-state index contributed by atoms with van der Waals surface area (Å²) in [5.41, 5.74) is 0. The molecule has 0 rings (SSSR count). The first kappa shape index (κ1) is 60.3. The van der Waals surface area contributed by atoms with Gasteiger partial charge in [-0.1, -0.05) is 208 Å². The minimum absolute atomic E-state index is 0.134. The highest BCUT2D eigenvalue weighted by Gasteiger charge is 2.19. The summed E-state index contributed by atoms with van der Waals surface area (Å²) in [6.45, 7) is 6.46. The summed E-state index contributed by atoms with van der Waals surface area (Å²) >= 11 is 0. The van der Waals surface area contributed by atoms with Gasteiger partial charge in [0.25, 0.3) is 0 Å². The highest BCUT2D eigenvalue weighted by Crippen LogP contribution is 2.12. The van der Waals surface area contributed by atoms with Crippen LogP contribution >= 0.6 is 0 Å². The van der Waals surface area contributed by atoms with Crippen LogP contribution in [0.4, 0.5) is 0 Å². The van der Waals surface area contributed by atoms with Crippen LogP contribution in [0.25, 0.3) is 0 Å². The van der Waals surface area contributed by atoms with Crippen molar-refractivity contribution in [3.8, 4) is 0 Å². The third kappa shape index (κ3) is 49.3. The van der Waals surface area contributed by atoms with Gasteiger partial charge in [0, 0.05) is 19.3 Å². The van der Waals surface area contributed by atoms with Gasteiger partial charge in [0.1, 0.15) is 13.2 Å². The van der Waals surface area contributed by atoms with Crippen LogP contribution in [0.15, 0.2) is 97.2 Å². The summed E-state index contributed by atoms with van der Waals surface area (Å²) in [6, 6.07) is 0. The van der Waals surface area contributed by atoms with Crippen molar-refractivity contribution in [2.45, 2.75) is 239 Å². The molecule has 0 radical (unpaired) electrons. The second kappa shape index (κ2) is 52.0. The molecule has 0 aromatic carbocycles. The Morgan fingerprint density at radius 3 is 1.14 bits per heavy atom. The van der Waals surface area contributed by atoms with Gasteiger partial charge in [-0.2, -0.15) is 0 Å². The van der Waals surface area contributed by atoms with Crippen molar-refractivity contribution in [2.24, 2.45) is 0 Å². The molecular formula is C58H96O6. The van der Waals surface area contributed by atoms with Crippen LogP contribution in [0.2, 0.25) is 0 Å². The lowest BCUT2D eigenvalue weighted by atomic mass is 10.1. The number of ether oxygens (including phenoxy) is 3. The summed E-state index contributed by atoms with van der Waals surface area (Å²) in [4.78, 5) is 37.9. The van der Waals surface area contributed by atoms with Crippen LogP contribution in [0.5, 0.6) is 0 Å². The Hall–Kier alpha value is -3.67. The average Bonchev–Trinajstić information content (AvgIpc) is 3.29. The van der Waals surface area contributed by atoms with Gasteiger partial charge in [-0.3, -0.25) is 14.4 Å². The molecule has 0 aliphatic heterocycles. The Morgan fingerprint density at radius 1 is 0.328 bits per heavy atom. The molecule has 64 heavy (non-hydrogen) atoms. The van der Waals surface area contributed by atoms with E-state index in [0.717, 1.165) is 64.2 Å². The topological polar surface area (TPSA) is 78.9 Å². The van der Waals surface area contributed by atoms with Crippen molar-refractivity contribution in [3.63, 3.8) is 0 Å². The lowest BCUT2D eigenvalue weighted by molar-refractivity contribution is -0.166. The van der Waals surface area contributed by atoms with Crippen LogP contribution in [-0.4, -0.2) is 37.2 Å². The molecule has 6 nitrogen and oxygen atoms in total. The molecule has 0 heterocycles. The first-order chi connectivity index (χ1) is 31.5. The highest BCUT2D eigenvalue weighted by molar-refractivity contribution is 5.71. The smallest absolute Gasteiger partial charge is 0.306 e. The molecule has 0 saturated heterocycles. The molecule has 1 atom stereocenters. The van der Waals surface area contributed by atoms with Crippen LogP contribution in [0.3, 0.4) is 0 Å². The van der Waals surface area contributed by atoms with Gasteiger partial charge in [-0.15, -0.1) is 0 Å². The minimum Gasteiger partial charge on any atom is -0.462 e. The van der Waals surface area contributed by atoms with Gasteiger partial charge >= 0.3 is 17.9 Å². The van der Waals surface area contributed by atoms with E-state index in [0.29, 0.717) is 19.3 Å². The zero-order chi connectivity index (χ0) is 46.5. The normalized spacial score (nSPS) is 12.9. The minimum atomic E-state index is -0.836. The first-order valence-electron chi connectivity index (χ1n) is 26.3. The van der Waals surface area contributed by atoms with Crippen molar-refractivity contribution >= 4 is 17.9 Å². The molecule has 0 amide bonds. The molecule has 0 spiro atoms. The summed E-state index contributed by atoms with van der Waals surface area (Å²) in [6.07, 6.45) is 68.4. The Bertz CT molecular complexity index is 1300. The molecule has 1 unspecified atom stereocenters. The summed E-state index contributed by atoms with van der Waals surface area (Å²) in [5.74, 6) is -1.08. The van der Waals surface area contributed by atoms with E-state index in [1.165, 1.54) is 109 Å². The third-order valence-electron chi connectivity index (χ3n) is 10.8. The summed E-state index contributed by atoms with van der Waals surface area (Å²) < 4.78 is 16.7. The van der Waals surface area contributed by atoms with E-state index in [1.807, 2.05) is 6.08 Å². The molecule has 0 bridgehead atoms. The fourth-order valence-corrected chi connectivity index (χ4v) is 6.83. The first-order valence-corrected chi connectivity index (χ1v) is 26.3. The number of rotatable bonds is 46. The number of allylic oxidation sites excluding steroid dienone is 16. The van der Waals surface area contributed by atoms with Crippen LogP contribution in [0, 0.1) is 0 Å². The van der Waals surface area contributed by atoms with Crippen LogP contribution in [0.1, 0.15) is 233 Å². The second-order valence-electron chi connectivity index (χ2n) is 17.1. The zero-order valence-corrected chi connectivity index (χ0v) is 41.5. The third-order valence-corrected chi connectivity index (χ3v) is 10.8. The molecule has 0 aliphatic rings. The van der Waals surface area contributed by atoms with Crippen molar-refractivity contribution in [1.82, 2.24) is 0 Å². The van der Waals surface area contributed by atoms with Crippen LogP contribution < -0.4 is 0 Å². The van der Waals surface area contributed by atoms with Gasteiger partial charge in [-0.25, -0.2) is 0 Å². The van der Waals surface area contributed by atoms with Crippen molar-refractivity contribution in [1.29, 1.82) is 0 Å². The van der Waals surface area contributed by atoms with Gasteiger partial charge in [0.15, 0.2) is 6.10 Å². The lowest BCUT2D eigenvalue weighted by Crippen LogP contribution is -2.30. The maximum absolute atomic E-state index is 12.8. The van der Waals surface area contributed by atoms with Crippen LogP contribution in [-0.2, 0) is 28.6 Å². The molecule has 6 heteroatoms. The number of esters is 3. The van der Waals surface area contributed by atoms with E-state index in [9.17, 15) is 14.4 Å². The van der Waals surface area contributed by atoms with E-state index in [4.69, 9.17) is 14.2 Å². The molecule has 364 valence electrons. The molecular weight excluding hydrogens is 793 g/mol. The molecule has 0 aromatic rings. The zero-order valence-electron chi connectivity index (χ0n) is 41.5. The van der Waals surface area contributed by atoms with E-state index in [1.54, 1.807) is 0 Å². The highest BCUT2D eigenvalue weighted by atomic mass is 16.6. The Morgan fingerprint density at radius 2 is 0.656 bits per heavy atom. The SMILES string of the molecule is CCCCC/C=C/C/C=C/C/C=C/C/C=C/CCCC(=O)OCC(COC(=O)CC/C=C/C/C=C/CCCCCCCC)OC(=O)CCCCC/C=C/C=C/CCCCCCCCC. The Balaban J connectivity index is 4.59. The number of carbonyl (C=O) groups excluding carboxylic acids is 3. The molecule has 0 aromatic heterocycles. The van der Waals surface area contributed by atoms with Crippen molar-refractivity contribution in [3.05, 3.63) is 97.2 Å². The van der Waals surface area contributed by atoms with Crippen molar-refractivity contribution in [2.75, 3.05) is 13.2 Å². The Labute approximate surface area is 394 Å². The van der Waals surface area contributed by atoms with E-state index >= 15 is 0 Å². The van der Waals surface area contributed by atoms with E-state index < -0.39 is 6.10 Å². The number of hydrogen-bond donors (Lipinski definition) is 0. The molecule has 0 aliphatic carbocycles. The van der Waals surface area contributed by atoms with Gasteiger partial charge in [0.2, 0.25) is 0 Å². The van der Waals surface area contributed by atoms with Gasteiger partial charge in [0.05, 0.1) is 0 Å². The predicted molar refractivity (Wildman–Crippen MR) is 274 cm³/mol. The van der Waals surface area contributed by atoms with Gasteiger partial charge in [-0.05, 0) is 103 Å². The quantitative estimate of drug-likeness (QED) is 0.0199. The average molecular weight is 889 g/mol. The maximum atomic E-state index is 12.8. The summed E-state index contributed by atoms with van der Waals surface area (Å²) in [7, 11) is 0. The second-order valence-corrected chi connectivity index (χ2v) is 17.1.